The van der Waals surface area contributed by atoms with E-state index in [0.29, 0.717) is 5.75 Å². The van der Waals surface area contributed by atoms with E-state index < -0.39 is 0 Å². The Morgan fingerprint density at radius 3 is 2.44 bits per heavy atom. The third-order valence-corrected chi connectivity index (χ3v) is 5.36. The Labute approximate surface area is 153 Å². The smallest absolute Gasteiger partial charge is 0.173 e. The monoisotopic (exact) mass is 350 g/mol. The molecule has 0 saturated carbocycles. The molecule has 0 saturated heterocycles. The van der Waals surface area contributed by atoms with Crippen LogP contribution in [0.5, 0.6) is 0 Å². The van der Waals surface area contributed by atoms with Gasteiger partial charge >= 0.3 is 0 Å². The predicted octanol–water partition coefficient (Wildman–Crippen LogP) is 5.06. The maximum Gasteiger partial charge on any atom is 0.173 e. The Morgan fingerprint density at radius 1 is 1.00 bits per heavy atom. The molecule has 3 rings (SSSR count). The van der Waals surface area contributed by atoms with Gasteiger partial charge in [0.1, 0.15) is 0 Å². The fourth-order valence-corrected chi connectivity index (χ4v) is 3.81. The summed E-state index contributed by atoms with van der Waals surface area (Å²) in [6.45, 7) is 6.21. The molecule has 1 aromatic heterocycles. The van der Waals surface area contributed by atoms with E-state index >= 15 is 0 Å². The molecular weight excluding hydrogens is 328 g/mol. The minimum absolute atomic E-state index is 0.150. The normalized spacial score (nSPS) is 10.8. The van der Waals surface area contributed by atoms with Gasteiger partial charge in [-0.3, -0.25) is 9.78 Å². The van der Waals surface area contributed by atoms with Crippen molar-refractivity contribution in [3.8, 4) is 0 Å². The molecule has 3 nitrogen and oxygen atoms in total. The van der Waals surface area contributed by atoms with Gasteiger partial charge in [0.25, 0.3) is 0 Å². The van der Waals surface area contributed by atoms with E-state index in [2.05, 4.69) is 23.7 Å². The molecule has 3 aromatic rings. The lowest BCUT2D eigenvalue weighted by Gasteiger charge is -2.21. The van der Waals surface area contributed by atoms with Gasteiger partial charge < -0.3 is 4.90 Å². The number of pyridine rings is 1. The van der Waals surface area contributed by atoms with Gasteiger partial charge in [-0.05, 0) is 50.2 Å². The van der Waals surface area contributed by atoms with Crippen LogP contribution < -0.4 is 4.90 Å². The van der Waals surface area contributed by atoms with Crippen LogP contribution in [0.1, 0.15) is 24.2 Å². The second-order valence-electron chi connectivity index (χ2n) is 5.76. The van der Waals surface area contributed by atoms with E-state index in [9.17, 15) is 4.79 Å². The highest BCUT2D eigenvalue weighted by Gasteiger charge is 2.10. The molecule has 0 aliphatic rings. The molecule has 0 fully saturated rings. The molecule has 0 spiro atoms. The van der Waals surface area contributed by atoms with Crippen molar-refractivity contribution in [2.75, 3.05) is 23.7 Å². The largest absolute Gasteiger partial charge is 0.372 e. The highest BCUT2D eigenvalue weighted by atomic mass is 32.2. The number of Topliss-reactive ketones (excluding diaryl/α,β-unsaturated/α-hetero) is 1. The molecule has 2 aromatic carbocycles. The predicted molar refractivity (Wildman–Crippen MR) is 107 cm³/mol. The standard InChI is InChI=1S/C21H22N2OS/c1-3-23(4-2)17-11-9-16(10-12-17)20(24)15-25-21-13-14-22-19-8-6-5-7-18(19)21/h5-14H,3-4,15H2,1-2H3. The van der Waals surface area contributed by atoms with Crippen molar-refractivity contribution in [1.29, 1.82) is 0 Å². The van der Waals surface area contributed by atoms with Gasteiger partial charge in [-0.2, -0.15) is 0 Å². The molecule has 0 aliphatic carbocycles. The van der Waals surface area contributed by atoms with Gasteiger partial charge in [-0.15, -0.1) is 11.8 Å². The molecule has 0 atom stereocenters. The molecule has 0 N–H and O–H groups in total. The first-order valence-electron chi connectivity index (χ1n) is 8.57. The zero-order chi connectivity index (χ0) is 17.6. The Kier molecular flexibility index (Phi) is 5.71. The third kappa shape index (κ3) is 4.02. The van der Waals surface area contributed by atoms with Gasteiger partial charge in [0.15, 0.2) is 5.78 Å². The SMILES string of the molecule is CCN(CC)c1ccc(C(=O)CSc2ccnc3ccccc23)cc1. The molecule has 1 heterocycles. The van der Waals surface area contributed by atoms with E-state index in [4.69, 9.17) is 0 Å². The number of thioether (sulfide) groups is 1. The topological polar surface area (TPSA) is 33.2 Å². The molecule has 0 unspecified atom stereocenters. The first-order valence-corrected chi connectivity index (χ1v) is 9.56. The lowest BCUT2D eigenvalue weighted by atomic mass is 10.1. The van der Waals surface area contributed by atoms with Crippen LogP contribution in [0, 0.1) is 0 Å². The van der Waals surface area contributed by atoms with E-state index in [0.717, 1.165) is 40.1 Å². The summed E-state index contributed by atoms with van der Waals surface area (Å²) in [6, 6.07) is 17.9. The summed E-state index contributed by atoms with van der Waals surface area (Å²) in [6.07, 6.45) is 1.80. The second kappa shape index (κ2) is 8.17. The fraction of sp³-hybridized carbons (Fsp3) is 0.238. The number of nitrogens with zero attached hydrogens (tertiary/aromatic N) is 2. The number of carbonyl (C=O) groups is 1. The first-order chi connectivity index (χ1) is 12.2. The van der Waals surface area contributed by atoms with Crippen LogP contribution in [0.2, 0.25) is 0 Å². The Balaban J connectivity index is 1.70. The molecule has 25 heavy (non-hydrogen) atoms. The molecule has 0 bridgehead atoms. The number of hydrogen-bond acceptors (Lipinski definition) is 4. The molecule has 0 amide bonds. The number of benzene rings is 2. The lowest BCUT2D eigenvalue weighted by molar-refractivity contribution is 0.102. The number of ketones is 1. The van der Waals surface area contributed by atoms with Crippen LogP contribution in [0.3, 0.4) is 0 Å². The summed E-state index contributed by atoms with van der Waals surface area (Å²) < 4.78 is 0. The van der Waals surface area contributed by atoms with Crippen LogP contribution in [0.25, 0.3) is 10.9 Å². The average Bonchev–Trinajstić information content (AvgIpc) is 2.67. The van der Waals surface area contributed by atoms with Crippen molar-refractivity contribution in [1.82, 2.24) is 4.98 Å². The number of rotatable bonds is 7. The summed E-state index contributed by atoms with van der Waals surface area (Å²) in [4.78, 5) is 20.3. The van der Waals surface area contributed by atoms with Gasteiger partial charge in [-0.25, -0.2) is 0 Å². The lowest BCUT2D eigenvalue weighted by Crippen LogP contribution is -2.21. The van der Waals surface area contributed by atoms with Crippen molar-refractivity contribution in [2.24, 2.45) is 0 Å². The number of aromatic nitrogens is 1. The minimum Gasteiger partial charge on any atom is -0.372 e. The third-order valence-electron chi connectivity index (χ3n) is 4.29. The Bertz CT molecular complexity index is 852. The Hall–Kier alpha value is -2.33. The van der Waals surface area contributed by atoms with Crippen molar-refractivity contribution < 1.29 is 4.79 Å². The van der Waals surface area contributed by atoms with Crippen LogP contribution in [0.4, 0.5) is 5.69 Å². The van der Waals surface area contributed by atoms with Crippen LogP contribution in [0.15, 0.2) is 65.7 Å². The van der Waals surface area contributed by atoms with E-state index in [1.54, 1.807) is 18.0 Å². The van der Waals surface area contributed by atoms with Crippen LogP contribution >= 0.6 is 11.8 Å². The number of para-hydroxylation sites is 1. The molecule has 0 aliphatic heterocycles. The van der Waals surface area contributed by atoms with Gasteiger partial charge in [0.05, 0.1) is 11.3 Å². The zero-order valence-electron chi connectivity index (χ0n) is 14.6. The summed E-state index contributed by atoms with van der Waals surface area (Å²) in [7, 11) is 0. The van der Waals surface area contributed by atoms with Crippen molar-refractivity contribution in [3.05, 3.63) is 66.4 Å². The average molecular weight is 350 g/mol. The van der Waals surface area contributed by atoms with E-state index in [-0.39, 0.29) is 5.78 Å². The van der Waals surface area contributed by atoms with E-state index in [1.807, 2.05) is 54.6 Å². The summed E-state index contributed by atoms with van der Waals surface area (Å²) in [5.41, 5.74) is 2.89. The van der Waals surface area contributed by atoms with Crippen molar-refractivity contribution in [2.45, 2.75) is 18.7 Å². The van der Waals surface area contributed by atoms with Gasteiger partial charge in [0.2, 0.25) is 0 Å². The number of carbonyl (C=O) groups excluding carboxylic acids is 1. The zero-order valence-corrected chi connectivity index (χ0v) is 15.4. The fourth-order valence-electron chi connectivity index (χ4n) is 2.87. The summed E-state index contributed by atoms with van der Waals surface area (Å²) in [5.74, 6) is 0.579. The molecule has 128 valence electrons. The van der Waals surface area contributed by atoms with Crippen molar-refractivity contribution >= 4 is 34.1 Å². The van der Waals surface area contributed by atoms with Gasteiger partial charge in [-0.1, -0.05) is 18.2 Å². The number of hydrogen-bond donors (Lipinski definition) is 0. The first kappa shape index (κ1) is 17.5. The van der Waals surface area contributed by atoms with Gasteiger partial charge in [0, 0.05) is 40.8 Å². The summed E-state index contributed by atoms with van der Waals surface area (Å²) >= 11 is 1.57. The summed E-state index contributed by atoms with van der Waals surface area (Å²) in [5, 5.41) is 1.10. The maximum atomic E-state index is 12.5. The van der Waals surface area contributed by atoms with Crippen molar-refractivity contribution in [3.63, 3.8) is 0 Å². The highest BCUT2D eigenvalue weighted by Crippen LogP contribution is 2.27. The van der Waals surface area contributed by atoms with Crippen LogP contribution in [-0.4, -0.2) is 29.6 Å². The molecular formula is C21H22N2OS. The van der Waals surface area contributed by atoms with Crippen LogP contribution in [-0.2, 0) is 0 Å². The second-order valence-corrected chi connectivity index (χ2v) is 6.77. The molecule has 4 heteroatoms. The maximum absolute atomic E-state index is 12.5. The Morgan fingerprint density at radius 2 is 1.72 bits per heavy atom. The van der Waals surface area contributed by atoms with E-state index in [1.165, 1.54) is 0 Å². The number of fused-ring (bicyclic) bond motifs is 1. The minimum atomic E-state index is 0.150. The number of anilines is 1. The molecule has 0 radical (unpaired) electrons. The highest BCUT2D eigenvalue weighted by molar-refractivity contribution is 8.00. The quantitative estimate of drug-likeness (QED) is 0.441.